The number of nitro benzene ring substituents is 1. The number of piperidine rings is 1. The number of anilines is 1. The molecule has 2 fully saturated rings. The second kappa shape index (κ2) is 9.06. The molecule has 1 amide bonds. The van der Waals surface area contributed by atoms with Gasteiger partial charge in [0.25, 0.3) is 11.6 Å². The normalized spacial score (nSPS) is 17.1. The maximum Gasteiger partial charge on any atom is 0.282 e. The first kappa shape index (κ1) is 21.3. The Labute approximate surface area is 185 Å². The first-order chi connectivity index (χ1) is 14.9. The molecule has 2 heterocycles. The SMILES string of the molecule is O=C(c1ccc(Cl)cc1)C1CCN(c2ccc([N+](=O)[O-])c(C(=O)N3CCCC3)c2)CC1. The Hall–Kier alpha value is -2.93. The third-order valence-corrected chi connectivity index (χ3v) is 6.41. The number of hydrogen-bond acceptors (Lipinski definition) is 5. The summed E-state index contributed by atoms with van der Waals surface area (Å²) in [5, 5.41) is 12.1. The highest BCUT2D eigenvalue weighted by Gasteiger charge is 2.30. The summed E-state index contributed by atoms with van der Waals surface area (Å²) in [6.07, 6.45) is 3.23. The van der Waals surface area contributed by atoms with Gasteiger partial charge in [-0.05, 0) is 62.1 Å². The van der Waals surface area contributed by atoms with Crippen LogP contribution in [0.4, 0.5) is 11.4 Å². The number of carbonyl (C=O) groups is 2. The predicted molar refractivity (Wildman–Crippen MR) is 119 cm³/mol. The number of rotatable bonds is 5. The fourth-order valence-corrected chi connectivity index (χ4v) is 4.52. The maximum atomic E-state index is 12.9. The number of halogens is 1. The molecule has 2 aliphatic heterocycles. The highest BCUT2D eigenvalue weighted by Crippen LogP contribution is 2.31. The molecular formula is C23H24ClN3O4. The number of carbonyl (C=O) groups excluding carboxylic acids is 2. The largest absolute Gasteiger partial charge is 0.371 e. The molecule has 162 valence electrons. The topological polar surface area (TPSA) is 83.8 Å². The summed E-state index contributed by atoms with van der Waals surface area (Å²) in [5.41, 5.74) is 1.43. The molecule has 2 aromatic carbocycles. The van der Waals surface area contributed by atoms with E-state index in [1.165, 1.54) is 6.07 Å². The number of amides is 1. The van der Waals surface area contributed by atoms with Gasteiger partial charge in [0.15, 0.2) is 5.78 Å². The van der Waals surface area contributed by atoms with E-state index in [1.54, 1.807) is 41.3 Å². The van der Waals surface area contributed by atoms with Crippen molar-refractivity contribution in [2.45, 2.75) is 25.7 Å². The first-order valence-corrected chi connectivity index (χ1v) is 10.9. The van der Waals surface area contributed by atoms with Gasteiger partial charge in [-0.3, -0.25) is 19.7 Å². The molecule has 8 heteroatoms. The highest BCUT2D eigenvalue weighted by atomic mass is 35.5. The van der Waals surface area contributed by atoms with E-state index in [-0.39, 0.29) is 28.9 Å². The average molecular weight is 442 g/mol. The number of likely N-dealkylation sites (tertiary alicyclic amines) is 1. The molecule has 0 aromatic heterocycles. The lowest BCUT2D eigenvalue weighted by atomic mass is 9.88. The lowest BCUT2D eigenvalue weighted by Crippen LogP contribution is -2.36. The molecule has 0 unspecified atom stereocenters. The van der Waals surface area contributed by atoms with Crippen molar-refractivity contribution in [1.29, 1.82) is 0 Å². The summed E-state index contributed by atoms with van der Waals surface area (Å²) in [5.74, 6) is -0.232. The number of Topliss-reactive ketones (excluding diaryl/α,β-unsaturated/α-hetero) is 1. The van der Waals surface area contributed by atoms with Gasteiger partial charge in [-0.15, -0.1) is 0 Å². The minimum atomic E-state index is -0.496. The molecule has 0 radical (unpaired) electrons. The lowest BCUT2D eigenvalue weighted by molar-refractivity contribution is -0.385. The zero-order valence-corrected chi connectivity index (χ0v) is 17.9. The van der Waals surface area contributed by atoms with Crippen molar-refractivity contribution in [2.24, 2.45) is 5.92 Å². The monoisotopic (exact) mass is 441 g/mol. The molecule has 4 rings (SSSR count). The van der Waals surface area contributed by atoms with Crippen molar-refractivity contribution in [1.82, 2.24) is 4.90 Å². The van der Waals surface area contributed by atoms with Crippen molar-refractivity contribution in [3.8, 4) is 0 Å². The van der Waals surface area contributed by atoms with E-state index in [9.17, 15) is 19.7 Å². The highest BCUT2D eigenvalue weighted by molar-refractivity contribution is 6.30. The first-order valence-electron chi connectivity index (χ1n) is 10.6. The van der Waals surface area contributed by atoms with Gasteiger partial charge in [-0.1, -0.05) is 11.6 Å². The molecule has 0 N–H and O–H groups in total. The van der Waals surface area contributed by atoms with E-state index in [0.29, 0.717) is 49.6 Å². The van der Waals surface area contributed by atoms with Gasteiger partial charge in [0.1, 0.15) is 5.56 Å². The molecule has 0 bridgehead atoms. The van der Waals surface area contributed by atoms with Gasteiger partial charge in [0.2, 0.25) is 0 Å². The summed E-state index contributed by atoms with van der Waals surface area (Å²) in [6, 6.07) is 11.7. The van der Waals surface area contributed by atoms with Crippen molar-refractivity contribution in [3.63, 3.8) is 0 Å². The Bertz CT molecular complexity index is 994. The molecule has 0 saturated carbocycles. The molecule has 2 aromatic rings. The molecule has 0 atom stereocenters. The van der Waals surface area contributed by atoms with Gasteiger partial charge in [0, 0.05) is 54.4 Å². The van der Waals surface area contributed by atoms with E-state index in [4.69, 9.17) is 11.6 Å². The average Bonchev–Trinajstić information content (AvgIpc) is 3.33. The molecule has 2 aliphatic rings. The summed E-state index contributed by atoms with van der Waals surface area (Å²) in [4.78, 5) is 40.4. The van der Waals surface area contributed by atoms with E-state index < -0.39 is 4.92 Å². The second-order valence-electron chi connectivity index (χ2n) is 8.09. The van der Waals surface area contributed by atoms with Gasteiger partial charge in [-0.25, -0.2) is 0 Å². The van der Waals surface area contributed by atoms with Crippen LogP contribution in [0.5, 0.6) is 0 Å². The Morgan fingerprint density at radius 2 is 1.61 bits per heavy atom. The van der Waals surface area contributed by atoms with Crippen molar-refractivity contribution >= 4 is 34.7 Å². The van der Waals surface area contributed by atoms with Gasteiger partial charge < -0.3 is 9.80 Å². The fourth-order valence-electron chi connectivity index (χ4n) is 4.39. The molecule has 7 nitrogen and oxygen atoms in total. The second-order valence-corrected chi connectivity index (χ2v) is 8.53. The Balaban J connectivity index is 1.48. The quantitative estimate of drug-likeness (QED) is 0.385. The Kier molecular flexibility index (Phi) is 6.23. The maximum absolute atomic E-state index is 12.9. The van der Waals surface area contributed by atoms with Gasteiger partial charge in [-0.2, -0.15) is 0 Å². The van der Waals surface area contributed by atoms with Crippen LogP contribution in [-0.4, -0.2) is 47.7 Å². The Morgan fingerprint density at radius 3 is 2.23 bits per heavy atom. The minimum absolute atomic E-state index is 0.0684. The van der Waals surface area contributed by atoms with Crippen LogP contribution >= 0.6 is 11.6 Å². The van der Waals surface area contributed by atoms with Crippen LogP contribution in [0.15, 0.2) is 42.5 Å². The molecular weight excluding hydrogens is 418 g/mol. The minimum Gasteiger partial charge on any atom is -0.371 e. The van der Waals surface area contributed by atoms with Crippen molar-refractivity contribution in [2.75, 3.05) is 31.1 Å². The van der Waals surface area contributed by atoms with E-state index >= 15 is 0 Å². The van der Waals surface area contributed by atoms with Crippen LogP contribution in [0.3, 0.4) is 0 Å². The van der Waals surface area contributed by atoms with E-state index in [1.807, 2.05) is 0 Å². The van der Waals surface area contributed by atoms with Crippen LogP contribution in [0.1, 0.15) is 46.4 Å². The van der Waals surface area contributed by atoms with E-state index in [2.05, 4.69) is 4.90 Å². The number of nitrogens with zero attached hydrogens (tertiary/aromatic N) is 3. The zero-order valence-electron chi connectivity index (χ0n) is 17.1. The standard InChI is InChI=1S/C23H24ClN3O4/c24-18-5-3-16(4-6-18)22(28)17-9-13-25(14-10-17)19-7-8-21(27(30)31)20(15-19)23(29)26-11-1-2-12-26/h3-8,15,17H,1-2,9-14H2. The number of ketones is 1. The molecule has 2 saturated heterocycles. The third kappa shape index (κ3) is 4.56. The Morgan fingerprint density at radius 1 is 0.968 bits per heavy atom. The molecule has 31 heavy (non-hydrogen) atoms. The zero-order chi connectivity index (χ0) is 22.0. The van der Waals surface area contributed by atoms with Crippen molar-refractivity contribution in [3.05, 3.63) is 68.7 Å². The van der Waals surface area contributed by atoms with Gasteiger partial charge >= 0.3 is 0 Å². The van der Waals surface area contributed by atoms with Crippen LogP contribution in [0.2, 0.25) is 5.02 Å². The van der Waals surface area contributed by atoms with Gasteiger partial charge in [0.05, 0.1) is 4.92 Å². The smallest absolute Gasteiger partial charge is 0.282 e. The summed E-state index contributed by atoms with van der Waals surface area (Å²) < 4.78 is 0. The molecule has 0 aliphatic carbocycles. The number of hydrogen-bond donors (Lipinski definition) is 0. The summed E-state index contributed by atoms with van der Waals surface area (Å²) in [6.45, 7) is 2.58. The van der Waals surface area contributed by atoms with Crippen LogP contribution in [-0.2, 0) is 0 Å². The summed E-state index contributed by atoms with van der Waals surface area (Å²) >= 11 is 5.91. The number of nitro groups is 1. The fraction of sp³-hybridized carbons (Fsp3) is 0.391. The summed E-state index contributed by atoms with van der Waals surface area (Å²) in [7, 11) is 0. The predicted octanol–water partition coefficient (Wildman–Crippen LogP) is 4.58. The van der Waals surface area contributed by atoms with Crippen LogP contribution in [0, 0.1) is 16.0 Å². The van der Waals surface area contributed by atoms with E-state index in [0.717, 1.165) is 18.5 Å². The van der Waals surface area contributed by atoms with Crippen LogP contribution in [0.25, 0.3) is 0 Å². The van der Waals surface area contributed by atoms with Crippen LogP contribution < -0.4 is 4.90 Å². The molecule has 0 spiro atoms. The lowest BCUT2D eigenvalue weighted by Gasteiger charge is -2.33. The van der Waals surface area contributed by atoms with Crippen molar-refractivity contribution < 1.29 is 14.5 Å². The number of benzene rings is 2. The third-order valence-electron chi connectivity index (χ3n) is 6.16.